The molecule has 0 saturated heterocycles. The molecule has 0 heterocycles. The fraction of sp³-hybridized carbons (Fsp3) is 1.00. The molecule has 2 N–H and O–H groups in total. The van der Waals surface area contributed by atoms with Crippen LogP contribution in [0.4, 0.5) is 0 Å². The van der Waals surface area contributed by atoms with Crippen molar-refractivity contribution in [1.29, 1.82) is 0 Å². The quantitative estimate of drug-likeness (QED) is 0.633. The second-order valence-electron chi connectivity index (χ2n) is 7.20. The standard InChI is InChI=1S/C16H30N2O/c1-2-17-16(12-19,15-7-8-15)11-18(9-13-3-4-13)10-14-5-6-14/h13-15,17,19H,2-12H2,1H3. The molecule has 1 unspecified atom stereocenters. The van der Waals surface area contributed by atoms with Crippen molar-refractivity contribution in [2.24, 2.45) is 17.8 Å². The van der Waals surface area contributed by atoms with Gasteiger partial charge in [-0.15, -0.1) is 0 Å². The van der Waals surface area contributed by atoms with Gasteiger partial charge in [0, 0.05) is 19.6 Å². The van der Waals surface area contributed by atoms with Crippen molar-refractivity contribution >= 4 is 0 Å². The highest BCUT2D eigenvalue weighted by Crippen LogP contribution is 2.41. The molecule has 3 nitrogen and oxygen atoms in total. The van der Waals surface area contributed by atoms with E-state index in [9.17, 15) is 5.11 Å². The lowest BCUT2D eigenvalue weighted by Crippen LogP contribution is -2.58. The predicted octanol–water partition coefficient (Wildman–Crippen LogP) is 1.86. The highest BCUT2D eigenvalue weighted by atomic mass is 16.3. The Bertz CT molecular complexity index is 283. The molecule has 3 fully saturated rings. The number of nitrogens with zero attached hydrogens (tertiary/aromatic N) is 1. The first kappa shape index (κ1) is 13.8. The van der Waals surface area contributed by atoms with Crippen LogP contribution in [0.1, 0.15) is 45.4 Å². The van der Waals surface area contributed by atoms with E-state index in [4.69, 9.17) is 0 Å². The Balaban J connectivity index is 1.61. The Morgan fingerprint density at radius 1 is 1.05 bits per heavy atom. The maximum atomic E-state index is 9.98. The molecule has 0 aliphatic heterocycles. The van der Waals surface area contributed by atoms with Gasteiger partial charge in [0.2, 0.25) is 0 Å². The lowest BCUT2D eigenvalue weighted by atomic mass is 9.92. The van der Waals surface area contributed by atoms with E-state index in [0.29, 0.717) is 12.5 Å². The Kier molecular flexibility index (Phi) is 4.16. The van der Waals surface area contributed by atoms with E-state index in [0.717, 1.165) is 24.9 Å². The van der Waals surface area contributed by atoms with Gasteiger partial charge in [0.1, 0.15) is 0 Å². The SMILES string of the molecule is CCNC(CO)(CN(CC1CC1)CC1CC1)C1CC1. The van der Waals surface area contributed by atoms with Gasteiger partial charge in [-0.1, -0.05) is 6.92 Å². The fourth-order valence-electron chi connectivity index (χ4n) is 3.49. The van der Waals surface area contributed by atoms with Crippen molar-refractivity contribution in [3.63, 3.8) is 0 Å². The topological polar surface area (TPSA) is 35.5 Å². The molecule has 3 aliphatic carbocycles. The van der Waals surface area contributed by atoms with Gasteiger partial charge in [0.05, 0.1) is 12.1 Å². The van der Waals surface area contributed by atoms with Crippen LogP contribution in [0.15, 0.2) is 0 Å². The number of rotatable bonds is 10. The zero-order valence-electron chi connectivity index (χ0n) is 12.4. The number of hydrogen-bond acceptors (Lipinski definition) is 3. The van der Waals surface area contributed by atoms with E-state index in [1.807, 2.05) is 0 Å². The van der Waals surface area contributed by atoms with E-state index >= 15 is 0 Å². The van der Waals surface area contributed by atoms with Crippen LogP contribution in [0.2, 0.25) is 0 Å². The van der Waals surface area contributed by atoms with Crippen LogP contribution in [0, 0.1) is 17.8 Å². The lowest BCUT2D eigenvalue weighted by Gasteiger charge is -2.38. The third kappa shape index (κ3) is 3.71. The summed E-state index contributed by atoms with van der Waals surface area (Å²) in [5, 5.41) is 13.6. The average molecular weight is 266 g/mol. The third-order valence-corrected chi connectivity index (χ3v) is 5.10. The number of nitrogens with one attached hydrogen (secondary N) is 1. The molecule has 0 amide bonds. The molecule has 3 aliphatic rings. The molecule has 3 heteroatoms. The van der Waals surface area contributed by atoms with E-state index in [2.05, 4.69) is 17.1 Å². The van der Waals surface area contributed by atoms with Crippen LogP contribution in [-0.4, -0.2) is 48.3 Å². The van der Waals surface area contributed by atoms with Gasteiger partial charge in [-0.05, 0) is 62.8 Å². The first-order chi connectivity index (χ1) is 9.25. The third-order valence-electron chi connectivity index (χ3n) is 5.10. The molecular weight excluding hydrogens is 236 g/mol. The van der Waals surface area contributed by atoms with Crippen molar-refractivity contribution in [3.8, 4) is 0 Å². The van der Waals surface area contributed by atoms with Gasteiger partial charge in [0.25, 0.3) is 0 Å². The summed E-state index contributed by atoms with van der Waals surface area (Å²) in [7, 11) is 0. The van der Waals surface area contributed by atoms with Gasteiger partial charge in [-0.2, -0.15) is 0 Å². The number of aliphatic hydroxyl groups excluding tert-OH is 1. The highest BCUT2D eigenvalue weighted by molar-refractivity contribution is 5.03. The second kappa shape index (κ2) is 5.71. The molecule has 3 saturated carbocycles. The van der Waals surface area contributed by atoms with Gasteiger partial charge < -0.3 is 15.3 Å². The number of likely N-dealkylation sites (N-methyl/N-ethyl adjacent to an activating group) is 1. The summed E-state index contributed by atoms with van der Waals surface area (Å²) >= 11 is 0. The first-order valence-corrected chi connectivity index (χ1v) is 8.34. The largest absolute Gasteiger partial charge is 0.394 e. The van der Waals surface area contributed by atoms with Crippen LogP contribution < -0.4 is 5.32 Å². The van der Waals surface area contributed by atoms with Crippen molar-refractivity contribution in [1.82, 2.24) is 10.2 Å². The molecular formula is C16H30N2O. The van der Waals surface area contributed by atoms with E-state index < -0.39 is 0 Å². The van der Waals surface area contributed by atoms with Crippen LogP contribution >= 0.6 is 0 Å². The Hall–Kier alpha value is -0.120. The molecule has 0 aromatic carbocycles. The van der Waals surface area contributed by atoms with E-state index in [1.54, 1.807) is 0 Å². The maximum absolute atomic E-state index is 9.98. The van der Waals surface area contributed by atoms with Crippen molar-refractivity contribution in [2.45, 2.75) is 51.0 Å². The molecule has 19 heavy (non-hydrogen) atoms. The van der Waals surface area contributed by atoms with E-state index in [1.165, 1.54) is 51.6 Å². The van der Waals surface area contributed by atoms with Crippen molar-refractivity contribution < 1.29 is 5.11 Å². The van der Waals surface area contributed by atoms with Crippen LogP contribution in [0.3, 0.4) is 0 Å². The van der Waals surface area contributed by atoms with Crippen molar-refractivity contribution in [2.75, 3.05) is 32.8 Å². The summed E-state index contributed by atoms with van der Waals surface area (Å²) in [5.74, 6) is 2.62. The summed E-state index contributed by atoms with van der Waals surface area (Å²) < 4.78 is 0. The minimum Gasteiger partial charge on any atom is -0.394 e. The summed E-state index contributed by atoms with van der Waals surface area (Å²) in [6.45, 7) is 7.05. The van der Waals surface area contributed by atoms with Crippen molar-refractivity contribution in [3.05, 3.63) is 0 Å². The first-order valence-electron chi connectivity index (χ1n) is 8.34. The van der Waals surface area contributed by atoms with Gasteiger partial charge in [0.15, 0.2) is 0 Å². The van der Waals surface area contributed by atoms with E-state index in [-0.39, 0.29) is 5.54 Å². The van der Waals surface area contributed by atoms with Gasteiger partial charge in [-0.25, -0.2) is 0 Å². The summed E-state index contributed by atoms with van der Waals surface area (Å²) in [6.07, 6.45) is 8.31. The maximum Gasteiger partial charge on any atom is 0.0628 e. The molecule has 0 aromatic heterocycles. The molecule has 110 valence electrons. The lowest BCUT2D eigenvalue weighted by molar-refractivity contribution is 0.0872. The van der Waals surface area contributed by atoms with Gasteiger partial charge in [-0.3, -0.25) is 0 Å². The zero-order valence-corrected chi connectivity index (χ0v) is 12.4. The fourth-order valence-corrected chi connectivity index (χ4v) is 3.49. The normalized spacial score (nSPS) is 26.7. The molecule has 0 bridgehead atoms. The second-order valence-corrected chi connectivity index (χ2v) is 7.20. The number of hydrogen-bond donors (Lipinski definition) is 2. The average Bonchev–Trinajstić information content (AvgIpc) is 3.26. The Labute approximate surface area is 117 Å². The van der Waals surface area contributed by atoms with Crippen LogP contribution in [0.25, 0.3) is 0 Å². The monoisotopic (exact) mass is 266 g/mol. The summed E-state index contributed by atoms with van der Waals surface area (Å²) in [5.41, 5.74) is -0.0153. The molecule has 1 atom stereocenters. The minimum atomic E-state index is -0.0153. The molecule has 0 spiro atoms. The number of aliphatic hydroxyl groups is 1. The smallest absolute Gasteiger partial charge is 0.0628 e. The highest BCUT2D eigenvalue weighted by Gasteiger charge is 2.46. The van der Waals surface area contributed by atoms with Crippen LogP contribution in [-0.2, 0) is 0 Å². The summed E-state index contributed by atoms with van der Waals surface area (Å²) in [6, 6.07) is 0. The Morgan fingerprint density at radius 3 is 2.00 bits per heavy atom. The predicted molar refractivity (Wildman–Crippen MR) is 78.1 cm³/mol. The Morgan fingerprint density at radius 2 is 1.63 bits per heavy atom. The molecule has 0 radical (unpaired) electrons. The molecule has 3 rings (SSSR count). The summed E-state index contributed by atoms with van der Waals surface area (Å²) in [4.78, 5) is 2.67. The zero-order chi connectivity index (χ0) is 13.3. The van der Waals surface area contributed by atoms with Crippen LogP contribution in [0.5, 0.6) is 0 Å². The minimum absolute atomic E-state index is 0.0153. The van der Waals surface area contributed by atoms with Gasteiger partial charge >= 0.3 is 0 Å². The molecule has 0 aromatic rings.